The first-order chi connectivity index (χ1) is 7.11. The highest BCUT2D eigenvalue weighted by atomic mass is 16.3. The minimum atomic E-state index is 0.474. The topological polar surface area (TPSA) is 45.6 Å². The van der Waals surface area contributed by atoms with Gasteiger partial charge in [0.25, 0.3) is 0 Å². The molecule has 0 aromatic carbocycles. The molecule has 0 unspecified atom stereocenters. The Hall–Kier alpha value is -0.840. The third kappa shape index (κ3) is 4.46. The zero-order valence-electron chi connectivity index (χ0n) is 9.86. The summed E-state index contributed by atoms with van der Waals surface area (Å²) in [6, 6.07) is 3.93. The molecule has 0 spiro atoms. The number of hydrogen-bond donors (Lipinski definition) is 1. The fourth-order valence-corrected chi connectivity index (χ4v) is 1.33. The summed E-state index contributed by atoms with van der Waals surface area (Å²) in [7, 11) is 6.24. The van der Waals surface area contributed by atoms with Crippen LogP contribution in [0.5, 0.6) is 0 Å². The van der Waals surface area contributed by atoms with E-state index in [0.717, 1.165) is 31.2 Å². The van der Waals surface area contributed by atoms with Crippen LogP contribution in [0.3, 0.4) is 0 Å². The van der Waals surface area contributed by atoms with Crippen LogP contribution in [0.15, 0.2) is 16.5 Å². The van der Waals surface area contributed by atoms with Crippen molar-refractivity contribution in [1.82, 2.24) is 9.80 Å². The average molecular weight is 211 g/mol. The van der Waals surface area contributed by atoms with E-state index in [9.17, 15) is 0 Å². The maximum absolute atomic E-state index is 5.53. The standard InChI is InChI=1S/C11H21N3O/c1-13(2)6-7-14(3)9-11-5-4-10(8-12)15-11/h4-5H,6-9,12H2,1-3H3. The van der Waals surface area contributed by atoms with Gasteiger partial charge in [-0.05, 0) is 33.3 Å². The van der Waals surface area contributed by atoms with Crippen molar-refractivity contribution in [2.24, 2.45) is 5.73 Å². The molecule has 86 valence electrons. The molecule has 0 saturated heterocycles. The monoisotopic (exact) mass is 211 g/mol. The normalized spacial score (nSPS) is 11.6. The first-order valence-corrected chi connectivity index (χ1v) is 5.22. The van der Waals surface area contributed by atoms with Crippen LogP contribution in [0.25, 0.3) is 0 Å². The lowest BCUT2D eigenvalue weighted by Gasteiger charge is -2.17. The van der Waals surface area contributed by atoms with Crippen LogP contribution < -0.4 is 5.73 Å². The molecule has 15 heavy (non-hydrogen) atoms. The number of likely N-dealkylation sites (N-methyl/N-ethyl adjacent to an activating group) is 2. The summed E-state index contributed by atoms with van der Waals surface area (Å²) in [6.45, 7) is 3.40. The molecule has 0 amide bonds. The van der Waals surface area contributed by atoms with Gasteiger partial charge in [0.2, 0.25) is 0 Å². The van der Waals surface area contributed by atoms with Crippen molar-refractivity contribution in [3.05, 3.63) is 23.7 Å². The Morgan fingerprint density at radius 3 is 2.33 bits per heavy atom. The van der Waals surface area contributed by atoms with Crippen molar-refractivity contribution in [3.63, 3.8) is 0 Å². The lowest BCUT2D eigenvalue weighted by atomic mass is 10.4. The molecular formula is C11H21N3O. The number of nitrogens with two attached hydrogens (primary N) is 1. The minimum absolute atomic E-state index is 0.474. The van der Waals surface area contributed by atoms with Crippen molar-refractivity contribution < 1.29 is 4.42 Å². The first-order valence-electron chi connectivity index (χ1n) is 5.22. The van der Waals surface area contributed by atoms with Crippen LogP contribution >= 0.6 is 0 Å². The molecule has 0 bridgehead atoms. The predicted molar refractivity (Wildman–Crippen MR) is 61.5 cm³/mol. The second kappa shape index (κ2) is 5.90. The summed E-state index contributed by atoms with van der Waals surface area (Å²) in [5.74, 6) is 1.84. The molecule has 0 atom stereocenters. The largest absolute Gasteiger partial charge is 0.463 e. The van der Waals surface area contributed by atoms with Gasteiger partial charge in [0.05, 0.1) is 13.1 Å². The highest BCUT2D eigenvalue weighted by molar-refractivity contribution is 5.06. The van der Waals surface area contributed by atoms with Gasteiger partial charge in [-0.15, -0.1) is 0 Å². The minimum Gasteiger partial charge on any atom is -0.463 e. The lowest BCUT2D eigenvalue weighted by Crippen LogP contribution is -2.28. The predicted octanol–water partition coefficient (Wildman–Crippen LogP) is 0.732. The zero-order valence-corrected chi connectivity index (χ0v) is 9.86. The second-order valence-corrected chi connectivity index (χ2v) is 4.11. The van der Waals surface area contributed by atoms with Crippen LogP contribution in [0.1, 0.15) is 11.5 Å². The molecule has 2 N–H and O–H groups in total. The quantitative estimate of drug-likeness (QED) is 0.753. The molecule has 4 nitrogen and oxygen atoms in total. The van der Waals surface area contributed by atoms with E-state index in [1.165, 1.54) is 0 Å². The summed E-state index contributed by atoms with van der Waals surface area (Å²) in [6.07, 6.45) is 0. The van der Waals surface area contributed by atoms with E-state index in [2.05, 4.69) is 30.9 Å². The van der Waals surface area contributed by atoms with Gasteiger partial charge in [-0.1, -0.05) is 0 Å². The van der Waals surface area contributed by atoms with Gasteiger partial charge in [0, 0.05) is 13.1 Å². The smallest absolute Gasteiger partial charge is 0.118 e. The Balaban J connectivity index is 2.33. The first kappa shape index (κ1) is 12.2. The van der Waals surface area contributed by atoms with Crippen LogP contribution in [0.4, 0.5) is 0 Å². The van der Waals surface area contributed by atoms with Gasteiger partial charge in [0.15, 0.2) is 0 Å². The molecule has 1 heterocycles. The van der Waals surface area contributed by atoms with Crippen LogP contribution in [-0.2, 0) is 13.1 Å². The lowest BCUT2D eigenvalue weighted by molar-refractivity contribution is 0.256. The van der Waals surface area contributed by atoms with Crippen molar-refractivity contribution in [3.8, 4) is 0 Å². The van der Waals surface area contributed by atoms with Crippen molar-refractivity contribution in [2.75, 3.05) is 34.2 Å². The third-order valence-corrected chi connectivity index (χ3v) is 2.27. The van der Waals surface area contributed by atoms with E-state index in [1.54, 1.807) is 0 Å². The van der Waals surface area contributed by atoms with E-state index in [1.807, 2.05) is 12.1 Å². The Labute approximate surface area is 91.6 Å². The van der Waals surface area contributed by atoms with Crippen LogP contribution in [0, 0.1) is 0 Å². The van der Waals surface area contributed by atoms with Gasteiger partial charge in [-0.2, -0.15) is 0 Å². The summed E-state index contributed by atoms with van der Waals surface area (Å²) in [5.41, 5.74) is 5.48. The van der Waals surface area contributed by atoms with Crippen molar-refractivity contribution in [2.45, 2.75) is 13.1 Å². The van der Waals surface area contributed by atoms with Crippen molar-refractivity contribution in [1.29, 1.82) is 0 Å². The molecule has 1 aromatic heterocycles. The molecule has 0 fully saturated rings. The molecular weight excluding hydrogens is 190 g/mol. The summed E-state index contributed by atoms with van der Waals surface area (Å²) >= 11 is 0. The number of rotatable bonds is 6. The van der Waals surface area contributed by atoms with Crippen LogP contribution in [0.2, 0.25) is 0 Å². The van der Waals surface area contributed by atoms with Crippen molar-refractivity contribution >= 4 is 0 Å². The molecule has 0 aliphatic rings. The Morgan fingerprint density at radius 2 is 1.80 bits per heavy atom. The maximum Gasteiger partial charge on any atom is 0.118 e. The van der Waals surface area contributed by atoms with E-state index in [-0.39, 0.29) is 0 Å². The molecule has 0 radical (unpaired) electrons. The van der Waals surface area contributed by atoms with Gasteiger partial charge in [-0.3, -0.25) is 4.90 Å². The van der Waals surface area contributed by atoms with Gasteiger partial charge >= 0.3 is 0 Å². The number of nitrogens with zero attached hydrogens (tertiary/aromatic N) is 2. The summed E-state index contributed by atoms with van der Waals surface area (Å²) in [4.78, 5) is 4.41. The Morgan fingerprint density at radius 1 is 1.13 bits per heavy atom. The number of hydrogen-bond acceptors (Lipinski definition) is 4. The molecule has 1 rings (SSSR count). The van der Waals surface area contributed by atoms with Crippen LogP contribution in [-0.4, -0.2) is 44.0 Å². The molecule has 4 heteroatoms. The molecule has 0 aliphatic heterocycles. The van der Waals surface area contributed by atoms with Gasteiger partial charge in [-0.25, -0.2) is 0 Å². The fourth-order valence-electron chi connectivity index (χ4n) is 1.33. The maximum atomic E-state index is 5.53. The highest BCUT2D eigenvalue weighted by Gasteiger charge is 2.04. The average Bonchev–Trinajstić information content (AvgIpc) is 2.62. The summed E-state index contributed by atoms with van der Waals surface area (Å²) in [5, 5.41) is 0. The third-order valence-electron chi connectivity index (χ3n) is 2.27. The molecule has 0 aliphatic carbocycles. The summed E-state index contributed by atoms with van der Waals surface area (Å²) < 4.78 is 5.53. The Kier molecular flexibility index (Phi) is 4.81. The second-order valence-electron chi connectivity index (χ2n) is 4.11. The Bertz CT molecular complexity index is 283. The number of furan rings is 1. The highest BCUT2D eigenvalue weighted by Crippen LogP contribution is 2.08. The van der Waals surface area contributed by atoms with E-state index < -0.39 is 0 Å². The van der Waals surface area contributed by atoms with E-state index in [4.69, 9.17) is 10.2 Å². The molecule has 0 saturated carbocycles. The molecule has 1 aromatic rings. The van der Waals surface area contributed by atoms with Gasteiger partial charge in [0.1, 0.15) is 11.5 Å². The SMILES string of the molecule is CN(C)CCN(C)Cc1ccc(CN)o1. The van der Waals surface area contributed by atoms with E-state index in [0.29, 0.717) is 6.54 Å². The van der Waals surface area contributed by atoms with Gasteiger partial charge < -0.3 is 15.1 Å². The fraction of sp³-hybridized carbons (Fsp3) is 0.636. The van der Waals surface area contributed by atoms with E-state index >= 15 is 0 Å². The zero-order chi connectivity index (χ0) is 11.3.